The highest BCUT2D eigenvalue weighted by atomic mass is 35.5. The standard InChI is InChI=1S/C15H14ClN3O3S2/c1-3-13-17-18-15(22-13)10-7-14(23-8-10)24(20,21)19-12-5-4-9(2)6-11(12)16/h4-8,19H,3H2,1-2H3. The van der Waals surface area contributed by atoms with E-state index in [0.29, 0.717) is 34.5 Å². The number of anilines is 1. The van der Waals surface area contributed by atoms with E-state index in [2.05, 4.69) is 14.9 Å². The predicted octanol–water partition coefficient (Wildman–Crippen LogP) is 4.12. The Balaban J connectivity index is 1.87. The second-order valence-electron chi connectivity index (χ2n) is 5.10. The summed E-state index contributed by atoms with van der Waals surface area (Å²) >= 11 is 7.16. The molecule has 0 aliphatic heterocycles. The Bertz CT molecular complexity index is 980. The van der Waals surface area contributed by atoms with Crippen LogP contribution in [0.5, 0.6) is 0 Å². The Morgan fingerprint density at radius 3 is 2.75 bits per heavy atom. The average molecular weight is 384 g/mol. The first-order valence-corrected chi connectivity index (χ1v) is 9.83. The number of aromatic nitrogens is 2. The van der Waals surface area contributed by atoms with Gasteiger partial charge in [-0.3, -0.25) is 4.72 Å². The lowest BCUT2D eigenvalue weighted by Crippen LogP contribution is -2.11. The van der Waals surface area contributed by atoms with Crippen molar-refractivity contribution in [2.24, 2.45) is 0 Å². The molecule has 6 nitrogen and oxygen atoms in total. The maximum Gasteiger partial charge on any atom is 0.271 e. The zero-order valence-corrected chi connectivity index (χ0v) is 15.3. The summed E-state index contributed by atoms with van der Waals surface area (Å²) in [6, 6.07) is 6.62. The molecule has 1 aromatic carbocycles. The molecule has 0 bridgehead atoms. The van der Waals surface area contributed by atoms with Gasteiger partial charge in [0.2, 0.25) is 11.8 Å². The van der Waals surface area contributed by atoms with Crippen LogP contribution >= 0.6 is 22.9 Å². The molecule has 0 aliphatic rings. The second-order valence-corrected chi connectivity index (χ2v) is 8.33. The maximum absolute atomic E-state index is 12.5. The number of rotatable bonds is 5. The molecule has 0 radical (unpaired) electrons. The van der Waals surface area contributed by atoms with Gasteiger partial charge in [0.1, 0.15) is 4.21 Å². The van der Waals surface area contributed by atoms with E-state index in [-0.39, 0.29) is 4.21 Å². The average Bonchev–Trinajstić information content (AvgIpc) is 3.18. The summed E-state index contributed by atoms with van der Waals surface area (Å²) in [5.74, 6) is 0.808. The van der Waals surface area contributed by atoms with Gasteiger partial charge >= 0.3 is 0 Å². The van der Waals surface area contributed by atoms with Crippen molar-refractivity contribution in [2.45, 2.75) is 24.5 Å². The van der Waals surface area contributed by atoms with Crippen molar-refractivity contribution in [3.8, 4) is 11.5 Å². The molecule has 9 heteroatoms. The van der Waals surface area contributed by atoms with E-state index in [9.17, 15) is 8.42 Å². The largest absolute Gasteiger partial charge is 0.421 e. The van der Waals surface area contributed by atoms with E-state index in [1.54, 1.807) is 23.6 Å². The molecule has 2 heterocycles. The normalized spacial score (nSPS) is 11.6. The molecule has 0 amide bonds. The SMILES string of the molecule is CCc1nnc(-c2csc(S(=O)(=O)Nc3ccc(C)cc3Cl)c2)o1. The monoisotopic (exact) mass is 383 g/mol. The first-order chi connectivity index (χ1) is 11.4. The van der Waals surface area contributed by atoms with Crippen molar-refractivity contribution in [3.05, 3.63) is 46.1 Å². The molecule has 3 rings (SSSR count). The van der Waals surface area contributed by atoms with Gasteiger partial charge in [-0.2, -0.15) is 0 Å². The van der Waals surface area contributed by atoms with Gasteiger partial charge < -0.3 is 4.42 Å². The van der Waals surface area contributed by atoms with Gasteiger partial charge in [0, 0.05) is 11.8 Å². The fraction of sp³-hybridized carbons (Fsp3) is 0.200. The van der Waals surface area contributed by atoms with E-state index in [4.69, 9.17) is 16.0 Å². The number of halogens is 1. The predicted molar refractivity (Wildman–Crippen MR) is 94.0 cm³/mol. The van der Waals surface area contributed by atoms with E-state index >= 15 is 0 Å². The molecule has 0 fully saturated rings. The number of sulfonamides is 1. The highest BCUT2D eigenvalue weighted by molar-refractivity contribution is 7.94. The van der Waals surface area contributed by atoms with E-state index in [1.165, 1.54) is 6.07 Å². The van der Waals surface area contributed by atoms with Crippen molar-refractivity contribution in [1.29, 1.82) is 0 Å². The Kier molecular flexibility index (Phi) is 4.62. The molecule has 0 atom stereocenters. The fourth-order valence-corrected chi connectivity index (χ4v) is 4.55. The third-order valence-electron chi connectivity index (χ3n) is 3.23. The Morgan fingerprint density at radius 1 is 1.29 bits per heavy atom. The van der Waals surface area contributed by atoms with E-state index in [1.807, 2.05) is 13.8 Å². The van der Waals surface area contributed by atoms with Gasteiger partial charge in [-0.15, -0.1) is 21.5 Å². The smallest absolute Gasteiger partial charge is 0.271 e. The van der Waals surface area contributed by atoms with Gasteiger partial charge in [-0.05, 0) is 30.7 Å². The highest BCUT2D eigenvalue weighted by Crippen LogP contribution is 2.31. The summed E-state index contributed by atoms with van der Waals surface area (Å²) in [7, 11) is -3.74. The van der Waals surface area contributed by atoms with Gasteiger partial charge in [-0.1, -0.05) is 24.6 Å². The first kappa shape index (κ1) is 16.9. The molecule has 1 N–H and O–H groups in total. The van der Waals surface area contributed by atoms with E-state index < -0.39 is 10.0 Å². The molecule has 126 valence electrons. The van der Waals surface area contributed by atoms with Crippen LogP contribution in [0.1, 0.15) is 18.4 Å². The summed E-state index contributed by atoms with van der Waals surface area (Å²) in [5.41, 5.74) is 1.86. The van der Waals surface area contributed by atoms with Crippen LogP contribution in [0, 0.1) is 6.92 Å². The van der Waals surface area contributed by atoms with Crippen molar-refractivity contribution in [3.63, 3.8) is 0 Å². The van der Waals surface area contributed by atoms with Crippen LogP contribution in [0.15, 0.2) is 38.3 Å². The third-order valence-corrected chi connectivity index (χ3v) is 6.34. The molecular weight excluding hydrogens is 370 g/mol. The quantitative estimate of drug-likeness (QED) is 0.716. The number of hydrogen-bond acceptors (Lipinski definition) is 6. The molecule has 2 aromatic heterocycles. The molecule has 0 aliphatic carbocycles. The minimum atomic E-state index is -3.74. The van der Waals surface area contributed by atoms with Gasteiger partial charge in [0.25, 0.3) is 10.0 Å². The van der Waals surface area contributed by atoms with Gasteiger partial charge in [-0.25, -0.2) is 8.42 Å². The minimum absolute atomic E-state index is 0.144. The van der Waals surface area contributed by atoms with Crippen molar-refractivity contribution < 1.29 is 12.8 Å². The zero-order chi connectivity index (χ0) is 17.3. The van der Waals surface area contributed by atoms with Crippen molar-refractivity contribution in [2.75, 3.05) is 4.72 Å². The van der Waals surface area contributed by atoms with Gasteiger partial charge in [0.05, 0.1) is 16.3 Å². The van der Waals surface area contributed by atoms with E-state index in [0.717, 1.165) is 16.9 Å². The molecule has 24 heavy (non-hydrogen) atoms. The maximum atomic E-state index is 12.5. The summed E-state index contributed by atoms with van der Waals surface area (Å²) < 4.78 is 33.1. The molecule has 0 unspecified atom stereocenters. The fourth-order valence-electron chi connectivity index (χ4n) is 1.98. The molecule has 0 spiro atoms. The Hall–Kier alpha value is -1.90. The number of benzene rings is 1. The van der Waals surface area contributed by atoms with Crippen molar-refractivity contribution >= 4 is 38.6 Å². The number of nitrogens with zero attached hydrogens (tertiary/aromatic N) is 2. The van der Waals surface area contributed by atoms with Crippen LogP contribution in [0.4, 0.5) is 5.69 Å². The number of thiophene rings is 1. The Labute approximate surface area is 148 Å². The lowest BCUT2D eigenvalue weighted by Gasteiger charge is -2.08. The highest BCUT2D eigenvalue weighted by Gasteiger charge is 2.20. The first-order valence-electron chi connectivity index (χ1n) is 7.09. The van der Waals surface area contributed by atoms with Crippen LogP contribution in [0.2, 0.25) is 5.02 Å². The molecule has 3 aromatic rings. The summed E-state index contributed by atoms with van der Waals surface area (Å²) in [6.07, 6.45) is 0.621. The summed E-state index contributed by atoms with van der Waals surface area (Å²) in [5, 5.41) is 9.80. The molecule has 0 saturated heterocycles. The Morgan fingerprint density at radius 2 is 2.08 bits per heavy atom. The van der Waals surface area contributed by atoms with Crippen LogP contribution in [0.3, 0.4) is 0 Å². The van der Waals surface area contributed by atoms with Crippen LogP contribution in [0.25, 0.3) is 11.5 Å². The lowest BCUT2D eigenvalue weighted by molar-refractivity contribution is 0.513. The van der Waals surface area contributed by atoms with Gasteiger partial charge in [0.15, 0.2) is 0 Å². The second kappa shape index (κ2) is 6.54. The molecule has 0 saturated carbocycles. The van der Waals surface area contributed by atoms with Crippen molar-refractivity contribution in [1.82, 2.24) is 10.2 Å². The number of nitrogens with one attached hydrogen (secondary N) is 1. The number of aryl methyl sites for hydroxylation is 2. The number of hydrogen-bond donors (Lipinski definition) is 1. The summed E-state index contributed by atoms with van der Waals surface area (Å²) in [6.45, 7) is 3.78. The minimum Gasteiger partial charge on any atom is -0.421 e. The van der Waals surface area contributed by atoms with Crippen LogP contribution in [-0.4, -0.2) is 18.6 Å². The summed E-state index contributed by atoms with van der Waals surface area (Å²) in [4.78, 5) is 0. The van der Waals surface area contributed by atoms with Crippen LogP contribution < -0.4 is 4.72 Å². The van der Waals surface area contributed by atoms with Crippen LogP contribution in [-0.2, 0) is 16.4 Å². The third kappa shape index (κ3) is 3.45. The topological polar surface area (TPSA) is 85.1 Å². The lowest BCUT2D eigenvalue weighted by atomic mass is 10.2. The zero-order valence-electron chi connectivity index (χ0n) is 12.9. The molecular formula is C15H14ClN3O3S2.